The number of hydrogen-bond acceptors (Lipinski definition) is 5. The van der Waals surface area contributed by atoms with Crippen molar-refractivity contribution in [2.45, 2.75) is 12.1 Å². The van der Waals surface area contributed by atoms with Crippen molar-refractivity contribution in [2.24, 2.45) is 0 Å². The van der Waals surface area contributed by atoms with E-state index in [0.29, 0.717) is 5.82 Å². The van der Waals surface area contributed by atoms with Crippen LogP contribution >= 0.6 is 0 Å². The van der Waals surface area contributed by atoms with Gasteiger partial charge in [-0.25, -0.2) is 15.0 Å². The van der Waals surface area contributed by atoms with Crippen LogP contribution in [0, 0.1) is 0 Å². The molecule has 0 spiro atoms. The summed E-state index contributed by atoms with van der Waals surface area (Å²) in [6, 6.07) is 67.6. The van der Waals surface area contributed by atoms with E-state index in [4.69, 9.17) is 19.7 Å². The molecule has 2 aliphatic heterocycles. The van der Waals surface area contributed by atoms with Gasteiger partial charge in [-0.1, -0.05) is 164 Å². The van der Waals surface area contributed by atoms with E-state index in [9.17, 15) is 0 Å². The van der Waals surface area contributed by atoms with Crippen molar-refractivity contribution in [3.05, 3.63) is 205 Å². The normalized spacial score (nSPS) is 15.2. The summed E-state index contributed by atoms with van der Waals surface area (Å²) in [7, 11) is 0. The van der Waals surface area contributed by atoms with Crippen LogP contribution in [0.4, 0.5) is 11.4 Å². The van der Waals surface area contributed by atoms with Crippen molar-refractivity contribution in [1.29, 1.82) is 0 Å². The number of para-hydroxylation sites is 2. The molecule has 4 heterocycles. The second kappa shape index (κ2) is 13.2. The lowest BCUT2D eigenvalue weighted by Gasteiger charge is -2.26. The van der Waals surface area contributed by atoms with E-state index >= 15 is 0 Å². The van der Waals surface area contributed by atoms with Crippen molar-refractivity contribution in [2.75, 3.05) is 4.90 Å². The van der Waals surface area contributed by atoms with Gasteiger partial charge < -0.3 is 9.64 Å². The maximum absolute atomic E-state index is 7.19. The summed E-state index contributed by atoms with van der Waals surface area (Å²) in [5, 5.41) is 1.12. The molecule has 2 aromatic heterocycles. The summed E-state index contributed by atoms with van der Waals surface area (Å²) < 4.78 is 7.19. The Morgan fingerprint density at radius 3 is 1.71 bits per heavy atom. The molecule has 0 bridgehead atoms. The molecular formula is C51H34N4O. The molecule has 5 heteroatoms. The molecule has 0 saturated heterocycles. The SMILES string of the molecule is c1ccc(-c2cc(-c3ccc(-c4cccc5c4C4c6c(c(-c7ccccc7)nc7ccccc67)OC4N5c4ccccc4)cc3)nc(-c3ccccc3)n2)cc1. The van der Waals surface area contributed by atoms with Gasteiger partial charge in [-0.3, -0.25) is 0 Å². The lowest BCUT2D eigenvalue weighted by molar-refractivity contribution is 0.234. The third-order valence-corrected chi connectivity index (χ3v) is 11.0. The zero-order valence-corrected chi connectivity index (χ0v) is 30.3. The van der Waals surface area contributed by atoms with Crippen molar-refractivity contribution in [1.82, 2.24) is 15.0 Å². The third-order valence-electron chi connectivity index (χ3n) is 11.0. The summed E-state index contributed by atoms with van der Waals surface area (Å²) in [6.45, 7) is 0. The lowest BCUT2D eigenvalue weighted by atomic mass is 9.85. The van der Waals surface area contributed by atoms with Crippen LogP contribution in [0.25, 0.3) is 67.2 Å². The van der Waals surface area contributed by atoms with Crippen molar-refractivity contribution < 1.29 is 4.74 Å². The highest BCUT2D eigenvalue weighted by atomic mass is 16.5. The zero-order chi connectivity index (χ0) is 37.0. The molecule has 7 aromatic carbocycles. The van der Waals surface area contributed by atoms with Crippen molar-refractivity contribution >= 4 is 22.3 Å². The quantitative estimate of drug-likeness (QED) is 0.171. The lowest BCUT2D eigenvalue weighted by Crippen LogP contribution is -2.32. The van der Waals surface area contributed by atoms with E-state index in [1.54, 1.807) is 0 Å². The Hall–Kier alpha value is -7.37. The number of aromatic nitrogens is 3. The molecule has 2 aliphatic rings. The smallest absolute Gasteiger partial charge is 0.187 e. The number of nitrogens with zero attached hydrogens (tertiary/aromatic N) is 4. The molecule has 0 radical (unpaired) electrons. The monoisotopic (exact) mass is 718 g/mol. The Morgan fingerprint density at radius 2 is 1.02 bits per heavy atom. The highest BCUT2D eigenvalue weighted by Gasteiger charge is 2.50. The molecule has 0 saturated carbocycles. The number of anilines is 2. The minimum atomic E-state index is -0.285. The van der Waals surface area contributed by atoms with E-state index < -0.39 is 0 Å². The average molecular weight is 719 g/mol. The van der Waals surface area contributed by atoms with Gasteiger partial charge in [0.2, 0.25) is 0 Å². The molecule has 11 rings (SSSR count). The Morgan fingerprint density at radius 1 is 0.446 bits per heavy atom. The van der Waals surface area contributed by atoms with Gasteiger partial charge in [0.1, 0.15) is 5.69 Å². The van der Waals surface area contributed by atoms with Crippen LogP contribution in [-0.2, 0) is 0 Å². The predicted molar refractivity (Wildman–Crippen MR) is 226 cm³/mol. The molecule has 56 heavy (non-hydrogen) atoms. The molecule has 2 atom stereocenters. The van der Waals surface area contributed by atoms with Gasteiger partial charge in [-0.05, 0) is 47.0 Å². The molecule has 0 N–H and O–H groups in total. The second-order valence-electron chi connectivity index (χ2n) is 14.3. The van der Waals surface area contributed by atoms with Gasteiger partial charge >= 0.3 is 0 Å². The number of fused-ring (bicyclic) bond motifs is 7. The maximum atomic E-state index is 7.19. The molecule has 0 amide bonds. The molecule has 9 aromatic rings. The van der Waals surface area contributed by atoms with Crippen LogP contribution in [0.2, 0.25) is 0 Å². The van der Waals surface area contributed by atoms with Crippen molar-refractivity contribution in [3.63, 3.8) is 0 Å². The van der Waals surface area contributed by atoms with Gasteiger partial charge in [0.25, 0.3) is 0 Å². The van der Waals surface area contributed by atoms with Crippen LogP contribution in [0.15, 0.2) is 194 Å². The number of ether oxygens (including phenoxy) is 1. The first kappa shape index (κ1) is 32.1. The van der Waals surface area contributed by atoms with Gasteiger partial charge in [-0.2, -0.15) is 0 Å². The minimum absolute atomic E-state index is 0.0600. The Bertz CT molecular complexity index is 2820. The van der Waals surface area contributed by atoms with E-state index in [-0.39, 0.29) is 12.1 Å². The number of hydrogen-bond donors (Lipinski definition) is 0. The summed E-state index contributed by atoms with van der Waals surface area (Å²) >= 11 is 0. The van der Waals surface area contributed by atoms with Crippen LogP contribution in [-0.4, -0.2) is 21.2 Å². The minimum Gasteiger partial charge on any atom is -0.467 e. The standard InChI is InChI=1S/C51H34N4O/c1-5-16-34(17-6-1)42-32-43(54-50(53-42)37-20-9-3-10-21-37)35-30-28-33(29-31-35)39-25-15-27-44-45(39)47-46-40-24-13-14-26-41(40)52-48(36-18-7-2-8-19-36)49(46)56-51(47)55(44)38-22-11-4-12-23-38/h1-32,47,51H. The fourth-order valence-corrected chi connectivity index (χ4v) is 8.50. The Balaban J connectivity index is 1.08. The van der Waals surface area contributed by atoms with Gasteiger partial charge in [0.05, 0.1) is 22.8 Å². The number of benzene rings is 7. The maximum Gasteiger partial charge on any atom is 0.187 e. The molecule has 264 valence electrons. The van der Waals surface area contributed by atoms with E-state index in [2.05, 4.69) is 157 Å². The molecule has 0 fully saturated rings. The van der Waals surface area contributed by atoms with E-state index in [1.807, 2.05) is 42.5 Å². The zero-order valence-electron chi connectivity index (χ0n) is 30.3. The fourth-order valence-electron chi connectivity index (χ4n) is 8.50. The van der Waals surface area contributed by atoms with Crippen LogP contribution in [0.5, 0.6) is 5.75 Å². The molecule has 0 aliphatic carbocycles. The van der Waals surface area contributed by atoms with Gasteiger partial charge in [0.15, 0.2) is 17.8 Å². The number of rotatable bonds is 6. The highest BCUT2D eigenvalue weighted by Crippen LogP contribution is 2.59. The topological polar surface area (TPSA) is 51.1 Å². The first-order valence-corrected chi connectivity index (χ1v) is 19.0. The molecule has 2 unspecified atom stereocenters. The molecule has 5 nitrogen and oxygen atoms in total. The highest BCUT2D eigenvalue weighted by molar-refractivity contribution is 5.95. The summed E-state index contributed by atoms with van der Waals surface area (Å²) in [4.78, 5) is 17.7. The van der Waals surface area contributed by atoms with E-state index in [0.717, 1.165) is 72.9 Å². The fraction of sp³-hybridized carbons (Fsp3) is 0.0392. The van der Waals surface area contributed by atoms with Gasteiger partial charge in [-0.15, -0.1) is 0 Å². The largest absolute Gasteiger partial charge is 0.467 e. The number of pyridine rings is 1. The van der Waals surface area contributed by atoms with Crippen molar-refractivity contribution in [3.8, 4) is 62.0 Å². The van der Waals surface area contributed by atoms with Crippen LogP contribution in [0.3, 0.4) is 0 Å². The summed E-state index contributed by atoms with van der Waals surface area (Å²) in [6.07, 6.45) is -0.285. The van der Waals surface area contributed by atoms with E-state index in [1.165, 1.54) is 16.7 Å². The first-order valence-electron chi connectivity index (χ1n) is 19.0. The average Bonchev–Trinajstić information content (AvgIpc) is 3.82. The van der Waals surface area contributed by atoms with Crippen LogP contribution < -0.4 is 9.64 Å². The third kappa shape index (κ3) is 5.28. The predicted octanol–water partition coefficient (Wildman–Crippen LogP) is 12.4. The Labute approximate surface area is 325 Å². The first-order chi connectivity index (χ1) is 27.8. The van der Waals surface area contributed by atoms with Crippen LogP contribution in [0.1, 0.15) is 17.0 Å². The summed E-state index contributed by atoms with van der Waals surface area (Å²) in [5.41, 5.74) is 14.7. The molecular weight excluding hydrogens is 685 g/mol. The summed E-state index contributed by atoms with van der Waals surface area (Å²) in [5.74, 6) is 1.50. The Kier molecular flexibility index (Phi) is 7.56. The van der Waals surface area contributed by atoms with Gasteiger partial charge in [0, 0.05) is 44.6 Å². The second-order valence-corrected chi connectivity index (χ2v) is 14.3.